The molecule has 0 unspecified atom stereocenters. The summed E-state index contributed by atoms with van der Waals surface area (Å²) in [6.07, 6.45) is 0. The van der Waals surface area contributed by atoms with E-state index in [1.54, 1.807) is 18.2 Å². The van der Waals surface area contributed by atoms with Crippen molar-refractivity contribution in [3.05, 3.63) is 27.2 Å². The third-order valence-electron chi connectivity index (χ3n) is 1.86. The second-order valence-corrected chi connectivity index (χ2v) is 4.25. The van der Waals surface area contributed by atoms with E-state index in [1.165, 1.54) is 0 Å². The van der Waals surface area contributed by atoms with Gasteiger partial charge in [-0.15, -0.1) is 0 Å². The van der Waals surface area contributed by atoms with Crippen LogP contribution >= 0.6 is 27.5 Å². The summed E-state index contributed by atoms with van der Waals surface area (Å²) in [5, 5.41) is 28.6. The van der Waals surface area contributed by atoms with Gasteiger partial charge in [-0.1, -0.05) is 11.6 Å². The van der Waals surface area contributed by atoms with E-state index in [2.05, 4.69) is 26.5 Å². The van der Waals surface area contributed by atoms with Gasteiger partial charge in [-0.05, 0) is 28.1 Å². The molecule has 6 nitrogen and oxygen atoms in total. The number of benzene rings is 1. The molecule has 0 bridgehead atoms. The lowest BCUT2D eigenvalue weighted by Crippen LogP contribution is -2.22. The first-order valence-electron chi connectivity index (χ1n) is 4.47. The molecular weight excluding hydrogens is 320 g/mol. The minimum absolute atomic E-state index is 0.238. The van der Waals surface area contributed by atoms with Crippen LogP contribution in [-0.2, 0) is 0 Å². The second kappa shape index (κ2) is 6.01. The van der Waals surface area contributed by atoms with Crippen LogP contribution in [0.4, 0.5) is 5.69 Å². The zero-order chi connectivity index (χ0) is 13.7. The van der Waals surface area contributed by atoms with E-state index in [0.29, 0.717) is 4.47 Å². The van der Waals surface area contributed by atoms with Gasteiger partial charge in [0.25, 0.3) is 0 Å². The molecule has 18 heavy (non-hydrogen) atoms. The summed E-state index contributed by atoms with van der Waals surface area (Å²) >= 11 is 9.11. The number of nitrogens with one attached hydrogen (secondary N) is 2. The number of halogens is 2. The molecule has 0 heterocycles. The molecule has 0 aromatic heterocycles. The van der Waals surface area contributed by atoms with E-state index in [1.807, 2.05) is 6.07 Å². The molecule has 0 amide bonds. The fourth-order valence-corrected chi connectivity index (χ4v) is 1.65. The van der Waals surface area contributed by atoms with E-state index in [0.717, 1.165) is 0 Å². The Labute approximate surface area is 116 Å². The van der Waals surface area contributed by atoms with Crippen molar-refractivity contribution in [3.63, 3.8) is 0 Å². The van der Waals surface area contributed by atoms with Crippen molar-refractivity contribution in [2.45, 2.75) is 0 Å². The maximum Gasteiger partial charge on any atom is 0.201 e. The Morgan fingerprint density at radius 3 is 2.67 bits per heavy atom. The second-order valence-electron chi connectivity index (χ2n) is 2.99. The quantitative estimate of drug-likeness (QED) is 0.448. The summed E-state index contributed by atoms with van der Waals surface area (Å²) in [7, 11) is 0. The van der Waals surface area contributed by atoms with Crippen molar-refractivity contribution in [1.82, 2.24) is 0 Å². The third kappa shape index (κ3) is 2.98. The smallest absolute Gasteiger partial charge is 0.201 e. The molecule has 0 aliphatic rings. The predicted molar refractivity (Wildman–Crippen MR) is 72.5 cm³/mol. The highest BCUT2D eigenvalue weighted by atomic mass is 79.9. The number of hydrogen-bond donors (Lipinski definition) is 3. The molecule has 1 aromatic carbocycles. The Morgan fingerprint density at radius 1 is 1.50 bits per heavy atom. The average Bonchev–Trinajstić information content (AvgIpc) is 2.33. The molecule has 8 heteroatoms. The van der Waals surface area contributed by atoms with Crippen molar-refractivity contribution in [2.24, 2.45) is 10.8 Å². The molecule has 4 N–H and O–H groups in total. The highest BCUT2D eigenvalue weighted by Crippen LogP contribution is 2.31. The zero-order valence-corrected chi connectivity index (χ0v) is 11.2. The van der Waals surface area contributed by atoms with Crippen LogP contribution in [0.25, 0.3) is 0 Å². The molecule has 0 radical (unpaired) electrons. The van der Waals surface area contributed by atoms with Crippen LogP contribution in [0.3, 0.4) is 0 Å². The highest BCUT2D eigenvalue weighted by molar-refractivity contribution is 9.10. The van der Waals surface area contributed by atoms with Gasteiger partial charge in [0.05, 0.1) is 16.3 Å². The number of amidine groups is 1. The number of rotatable bonds is 3. The zero-order valence-electron chi connectivity index (χ0n) is 8.83. The standard InChI is InChI=1S/C10H6BrClN6/c11-6-1-2-7(12)9(5(6)3-13)18-17-8(4-14)10(15)16/h1-2,18H,(H3,15,16)/b17-8+. The minimum atomic E-state index is -0.477. The number of nitriles is 2. The molecule has 90 valence electrons. The van der Waals surface area contributed by atoms with Crippen molar-refractivity contribution in [2.75, 3.05) is 5.43 Å². The maximum atomic E-state index is 9.00. The van der Waals surface area contributed by atoms with E-state index < -0.39 is 5.84 Å². The molecule has 0 fully saturated rings. The van der Waals surface area contributed by atoms with Gasteiger partial charge in [0.15, 0.2) is 5.84 Å². The Bertz CT molecular complexity index is 610. The lowest BCUT2D eigenvalue weighted by Gasteiger charge is -2.07. The van der Waals surface area contributed by atoms with Gasteiger partial charge in [-0.3, -0.25) is 10.8 Å². The van der Waals surface area contributed by atoms with Crippen molar-refractivity contribution < 1.29 is 0 Å². The normalized spacial score (nSPS) is 10.3. The van der Waals surface area contributed by atoms with Crippen molar-refractivity contribution >= 4 is 44.8 Å². The summed E-state index contributed by atoms with van der Waals surface area (Å²) in [4.78, 5) is 0. The van der Waals surface area contributed by atoms with Crippen LogP contribution in [0.5, 0.6) is 0 Å². The summed E-state index contributed by atoms with van der Waals surface area (Å²) in [6.45, 7) is 0. The van der Waals surface area contributed by atoms with Gasteiger partial charge in [0, 0.05) is 4.47 Å². The van der Waals surface area contributed by atoms with E-state index in [-0.39, 0.29) is 22.0 Å². The third-order valence-corrected chi connectivity index (χ3v) is 2.83. The van der Waals surface area contributed by atoms with E-state index in [9.17, 15) is 0 Å². The van der Waals surface area contributed by atoms with Crippen LogP contribution < -0.4 is 11.2 Å². The van der Waals surface area contributed by atoms with Crippen LogP contribution in [0.1, 0.15) is 5.56 Å². The molecule has 0 aliphatic carbocycles. The van der Waals surface area contributed by atoms with Crippen LogP contribution in [0.2, 0.25) is 5.02 Å². The van der Waals surface area contributed by atoms with E-state index in [4.69, 9.17) is 33.3 Å². The fraction of sp³-hybridized carbons (Fsp3) is 0. The van der Waals surface area contributed by atoms with Gasteiger partial charge < -0.3 is 5.73 Å². The first-order chi connectivity index (χ1) is 8.51. The van der Waals surface area contributed by atoms with Gasteiger partial charge >= 0.3 is 0 Å². The summed E-state index contributed by atoms with van der Waals surface area (Å²) in [6, 6.07) is 6.76. The number of nitrogens with two attached hydrogens (primary N) is 1. The molecule has 0 saturated carbocycles. The van der Waals surface area contributed by atoms with Crippen LogP contribution in [-0.4, -0.2) is 11.5 Å². The molecule has 0 saturated heterocycles. The van der Waals surface area contributed by atoms with Crippen molar-refractivity contribution in [3.8, 4) is 12.1 Å². The number of hydrazone groups is 1. The van der Waals surface area contributed by atoms with Gasteiger partial charge in [-0.25, -0.2) is 0 Å². The minimum Gasteiger partial charge on any atom is -0.382 e. The van der Waals surface area contributed by atoms with Crippen molar-refractivity contribution in [1.29, 1.82) is 15.9 Å². The SMILES string of the molecule is N#C/C(=N\Nc1c(Cl)ccc(Br)c1C#N)C(=N)N. The molecular formula is C10H6BrClN6. The van der Waals surface area contributed by atoms with Crippen LogP contribution in [0, 0.1) is 28.1 Å². The first kappa shape index (κ1) is 14.0. The number of anilines is 1. The number of nitrogens with zero attached hydrogens (tertiary/aromatic N) is 3. The Balaban J connectivity index is 3.21. The molecule has 0 aliphatic heterocycles. The van der Waals surface area contributed by atoms with Gasteiger partial charge in [0.1, 0.15) is 12.1 Å². The van der Waals surface area contributed by atoms with E-state index >= 15 is 0 Å². The van der Waals surface area contributed by atoms with Crippen LogP contribution in [0.15, 0.2) is 21.7 Å². The van der Waals surface area contributed by atoms with Gasteiger partial charge in [0.2, 0.25) is 5.71 Å². The number of hydrogen-bond acceptors (Lipinski definition) is 5. The lowest BCUT2D eigenvalue weighted by atomic mass is 10.2. The predicted octanol–water partition coefficient (Wildman–Crippen LogP) is 2.20. The summed E-state index contributed by atoms with van der Waals surface area (Å²) < 4.78 is 0.536. The summed E-state index contributed by atoms with van der Waals surface area (Å²) in [5.41, 5.74) is 7.78. The summed E-state index contributed by atoms with van der Waals surface area (Å²) in [5.74, 6) is -0.477. The first-order valence-corrected chi connectivity index (χ1v) is 5.64. The lowest BCUT2D eigenvalue weighted by molar-refractivity contribution is 1.31. The largest absolute Gasteiger partial charge is 0.382 e. The molecule has 0 spiro atoms. The molecule has 1 rings (SSSR count). The molecule has 0 atom stereocenters. The Kier molecular flexibility index (Phi) is 4.67. The average molecular weight is 326 g/mol. The molecule has 1 aromatic rings. The monoisotopic (exact) mass is 324 g/mol. The van der Waals surface area contributed by atoms with Gasteiger partial charge in [-0.2, -0.15) is 15.6 Å². The Hall–Kier alpha value is -2.09. The highest BCUT2D eigenvalue weighted by Gasteiger charge is 2.11. The topological polar surface area (TPSA) is 122 Å². The Morgan fingerprint density at radius 2 is 2.17 bits per heavy atom. The fourth-order valence-electron chi connectivity index (χ4n) is 1.03. The maximum absolute atomic E-state index is 9.00.